The van der Waals surface area contributed by atoms with E-state index in [0.717, 1.165) is 55.7 Å². The first-order chi connectivity index (χ1) is 30.3. The van der Waals surface area contributed by atoms with Crippen LogP contribution in [-0.4, -0.2) is 0 Å². The summed E-state index contributed by atoms with van der Waals surface area (Å²) in [5.74, 6) is 0. The van der Waals surface area contributed by atoms with Crippen LogP contribution >= 0.6 is 0 Å². The van der Waals surface area contributed by atoms with Gasteiger partial charge in [0.25, 0.3) is 0 Å². The van der Waals surface area contributed by atoms with Crippen LogP contribution in [0, 0.1) is 0 Å². The fourth-order valence-electron chi connectivity index (χ4n) is 10.2. The summed E-state index contributed by atoms with van der Waals surface area (Å²) in [4.78, 5) is 2.45. The summed E-state index contributed by atoms with van der Waals surface area (Å²) in [7, 11) is 0. The molecule has 0 saturated carbocycles. The van der Waals surface area contributed by atoms with Gasteiger partial charge in [-0.3, -0.25) is 0 Å². The Morgan fingerprint density at radius 3 is 1.69 bits per heavy atom. The first kappa shape index (κ1) is 35.0. The van der Waals surface area contributed by atoms with Gasteiger partial charge in [-0.15, -0.1) is 0 Å². The highest BCUT2D eigenvalue weighted by molar-refractivity contribution is 6.10. The molecule has 1 aliphatic carbocycles. The number of anilines is 3. The standard InChI is InChI=1S/C59H39NO/c1-3-20-42(21-4-1)59(43-22-5-2-6-23-43)52-31-12-9-27-51(52)57-49(29-17-32-53(57)59)47-25-10-13-33-55(47)60(54-34-15-19-40-18-7-8-24-45(40)54)44-38-36-41(37-39-44)46-28-16-30-50-48-26-11-14-35-56(48)61-58(46)50/h1-39H. The predicted octanol–water partition coefficient (Wildman–Crippen LogP) is 15.9. The van der Waals surface area contributed by atoms with Crippen LogP contribution in [-0.2, 0) is 5.41 Å². The van der Waals surface area contributed by atoms with E-state index in [1.165, 1.54) is 49.7 Å². The molecule has 1 heterocycles. The number of hydrogen-bond acceptors (Lipinski definition) is 2. The molecule has 0 radical (unpaired) electrons. The second kappa shape index (κ2) is 14.1. The van der Waals surface area contributed by atoms with Crippen molar-refractivity contribution in [1.29, 1.82) is 0 Å². The maximum atomic E-state index is 6.49. The van der Waals surface area contributed by atoms with E-state index in [0.29, 0.717) is 0 Å². The zero-order valence-corrected chi connectivity index (χ0v) is 33.4. The molecule has 2 nitrogen and oxygen atoms in total. The molecule has 0 amide bonds. The van der Waals surface area contributed by atoms with Crippen LogP contribution in [0.2, 0.25) is 0 Å². The molecule has 0 fully saturated rings. The van der Waals surface area contributed by atoms with Crippen molar-refractivity contribution in [1.82, 2.24) is 0 Å². The second-order valence-electron chi connectivity index (χ2n) is 15.9. The highest BCUT2D eigenvalue weighted by atomic mass is 16.3. The molecule has 10 aromatic carbocycles. The highest BCUT2D eigenvalue weighted by Gasteiger charge is 2.46. The van der Waals surface area contributed by atoms with E-state index in [1.54, 1.807) is 0 Å². The van der Waals surface area contributed by atoms with Gasteiger partial charge in [-0.25, -0.2) is 0 Å². The third-order valence-electron chi connectivity index (χ3n) is 12.8. The quantitative estimate of drug-likeness (QED) is 0.160. The molecule has 2 heteroatoms. The fraction of sp³-hybridized carbons (Fsp3) is 0.0169. The molecule has 0 spiro atoms. The first-order valence-electron chi connectivity index (χ1n) is 21.0. The molecule has 1 aromatic heterocycles. The minimum atomic E-state index is -0.493. The molecule has 0 bridgehead atoms. The van der Waals surface area contributed by atoms with Crippen LogP contribution in [0.25, 0.3) is 66.1 Å². The third kappa shape index (κ3) is 5.36. The Morgan fingerprint density at radius 2 is 0.885 bits per heavy atom. The van der Waals surface area contributed by atoms with Crippen LogP contribution in [0.1, 0.15) is 22.3 Å². The van der Waals surface area contributed by atoms with Gasteiger partial charge in [0.15, 0.2) is 0 Å². The van der Waals surface area contributed by atoms with Gasteiger partial charge in [-0.2, -0.15) is 0 Å². The molecule has 0 unspecified atom stereocenters. The zero-order valence-electron chi connectivity index (χ0n) is 33.4. The molecular formula is C59H39NO. The summed E-state index contributed by atoms with van der Waals surface area (Å²) >= 11 is 0. The van der Waals surface area contributed by atoms with Gasteiger partial charge < -0.3 is 9.32 Å². The van der Waals surface area contributed by atoms with Crippen molar-refractivity contribution >= 4 is 49.8 Å². The average Bonchev–Trinajstić information content (AvgIpc) is 3.87. The molecule has 1 aliphatic rings. The van der Waals surface area contributed by atoms with Gasteiger partial charge in [-0.1, -0.05) is 206 Å². The maximum Gasteiger partial charge on any atom is 0.143 e. The van der Waals surface area contributed by atoms with Crippen molar-refractivity contribution in [3.05, 3.63) is 259 Å². The Morgan fingerprint density at radius 1 is 0.344 bits per heavy atom. The maximum absolute atomic E-state index is 6.49. The number of fused-ring (bicyclic) bond motifs is 7. The number of nitrogens with zero attached hydrogens (tertiary/aromatic N) is 1. The van der Waals surface area contributed by atoms with E-state index in [-0.39, 0.29) is 0 Å². The lowest BCUT2D eigenvalue weighted by Gasteiger charge is -2.34. The number of rotatable bonds is 7. The van der Waals surface area contributed by atoms with Crippen molar-refractivity contribution in [2.75, 3.05) is 4.90 Å². The Bertz CT molecular complexity index is 3370. The van der Waals surface area contributed by atoms with E-state index in [4.69, 9.17) is 4.42 Å². The number of para-hydroxylation sites is 3. The molecule has 0 saturated heterocycles. The van der Waals surface area contributed by atoms with Gasteiger partial charge in [0.05, 0.1) is 16.8 Å². The summed E-state index contributed by atoms with van der Waals surface area (Å²) in [5.41, 5.74) is 16.8. The SMILES string of the molecule is c1ccc(C2(c3ccccc3)c3ccccc3-c3c(-c4ccccc4N(c4ccc(-c5cccc6c5oc5ccccc56)cc4)c4cccc5ccccc45)cccc32)cc1. The Hall–Kier alpha value is -7.94. The Balaban J connectivity index is 1.08. The minimum Gasteiger partial charge on any atom is -0.455 e. The number of hydrogen-bond donors (Lipinski definition) is 0. The van der Waals surface area contributed by atoms with Gasteiger partial charge in [0.1, 0.15) is 11.2 Å². The number of benzene rings is 10. The molecule has 61 heavy (non-hydrogen) atoms. The molecular weight excluding hydrogens is 739 g/mol. The summed E-state index contributed by atoms with van der Waals surface area (Å²) in [5, 5.41) is 4.64. The lowest BCUT2D eigenvalue weighted by molar-refractivity contribution is 0.670. The van der Waals surface area contributed by atoms with E-state index >= 15 is 0 Å². The molecule has 12 rings (SSSR count). The van der Waals surface area contributed by atoms with Gasteiger partial charge in [-0.05, 0) is 80.2 Å². The molecule has 0 N–H and O–H groups in total. The highest BCUT2D eigenvalue weighted by Crippen LogP contribution is 2.59. The van der Waals surface area contributed by atoms with Crippen molar-refractivity contribution in [3.8, 4) is 33.4 Å². The first-order valence-corrected chi connectivity index (χ1v) is 21.0. The Kier molecular flexibility index (Phi) is 8.11. The second-order valence-corrected chi connectivity index (χ2v) is 15.9. The van der Waals surface area contributed by atoms with Crippen molar-refractivity contribution in [3.63, 3.8) is 0 Å². The lowest BCUT2D eigenvalue weighted by Crippen LogP contribution is -2.28. The molecule has 0 aliphatic heterocycles. The van der Waals surface area contributed by atoms with E-state index < -0.39 is 5.41 Å². The van der Waals surface area contributed by atoms with E-state index in [1.807, 2.05) is 12.1 Å². The van der Waals surface area contributed by atoms with Crippen LogP contribution in [0.4, 0.5) is 17.1 Å². The van der Waals surface area contributed by atoms with Gasteiger partial charge in [0, 0.05) is 33.0 Å². The van der Waals surface area contributed by atoms with Crippen LogP contribution in [0.3, 0.4) is 0 Å². The Labute approximate surface area is 355 Å². The molecule has 11 aromatic rings. The van der Waals surface area contributed by atoms with Crippen molar-refractivity contribution in [2.45, 2.75) is 5.41 Å². The lowest BCUT2D eigenvalue weighted by atomic mass is 9.67. The minimum absolute atomic E-state index is 0.493. The molecule has 286 valence electrons. The average molecular weight is 778 g/mol. The molecule has 0 atom stereocenters. The number of furan rings is 1. The topological polar surface area (TPSA) is 16.4 Å². The summed E-state index contributed by atoms with van der Waals surface area (Å²) < 4.78 is 6.49. The third-order valence-corrected chi connectivity index (χ3v) is 12.8. The van der Waals surface area contributed by atoms with Crippen LogP contribution in [0.5, 0.6) is 0 Å². The largest absolute Gasteiger partial charge is 0.455 e. The van der Waals surface area contributed by atoms with Crippen molar-refractivity contribution < 1.29 is 4.42 Å². The summed E-state index contributed by atoms with van der Waals surface area (Å²) in [6.45, 7) is 0. The predicted molar refractivity (Wildman–Crippen MR) is 254 cm³/mol. The van der Waals surface area contributed by atoms with E-state index in [2.05, 4.69) is 229 Å². The zero-order chi connectivity index (χ0) is 40.3. The normalized spacial score (nSPS) is 12.7. The van der Waals surface area contributed by atoms with Gasteiger partial charge >= 0.3 is 0 Å². The van der Waals surface area contributed by atoms with Gasteiger partial charge in [0.2, 0.25) is 0 Å². The van der Waals surface area contributed by atoms with E-state index in [9.17, 15) is 0 Å². The fourth-order valence-corrected chi connectivity index (χ4v) is 10.2. The summed E-state index contributed by atoms with van der Waals surface area (Å²) in [6, 6.07) is 86.0. The summed E-state index contributed by atoms with van der Waals surface area (Å²) in [6.07, 6.45) is 0. The van der Waals surface area contributed by atoms with Crippen LogP contribution < -0.4 is 4.90 Å². The smallest absolute Gasteiger partial charge is 0.143 e. The van der Waals surface area contributed by atoms with Crippen LogP contribution in [0.15, 0.2) is 241 Å². The monoisotopic (exact) mass is 777 g/mol. The van der Waals surface area contributed by atoms with Crippen molar-refractivity contribution in [2.24, 2.45) is 0 Å².